The summed E-state index contributed by atoms with van der Waals surface area (Å²) >= 11 is 0. The molecule has 4 rings (SSSR count). The molecule has 1 aliphatic heterocycles. The van der Waals surface area contributed by atoms with E-state index in [1.165, 1.54) is 43.5 Å². The minimum Gasteiger partial charge on any atom is -0.461 e. The zero-order chi connectivity index (χ0) is 28.9. The molecule has 0 radical (unpaired) electrons. The number of fused-ring (bicyclic) bond motifs is 1. The number of sulfone groups is 1. The van der Waals surface area contributed by atoms with Crippen LogP contribution in [0.2, 0.25) is 0 Å². The maximum Gasteiger partial charge on any atom is 0.334 e. The summed E-state index contributed by atoms with van der Waals surface area (Å²) in [6.07, 6.45) is -0.753. The van der Waals surface area contributed by atoms with Gasteiger partial charge in [0, 0.05) is 25.0 Å². The molecule has 11 heteroatoms. The van der Waals surface area contributed by atoms with E-state index in [0.29, 0.717) is 23.9 Å². The van der Waals surface area contributed by atoms with Crippen LogP contribution in [0.3, 0.4) is 0 Å². The molecule has 0 saturated carbocycles. The second kappa shape index (κ2) is 10.2. The number of hydrogen-bond acceptors (Lipinski definition) is 6. The van der Waals surface area contributed by atoms with Crippen LogP contribution in [0, 0.1) is 11.2 Å². The molecule has 2 aromatic carbocycles. The molecule has 1 unspecified atom stereocenters. The molecule has 1 fully saturated rings. The van der Waals surface area contributed by atoms with Crippen molar-refractivity contribution in [2.75, 3.05) is 11.5 Å². The summed E-state index contributed by atoms with van der Waals surface area (Å²) in [4.78, 5) is 27.1. The van der Waals surface area contributed by atoms with Crippen molar-refractivity contribution in [2.24, 2.45) is 5.41 Å². The van der Waals surface area contributed by atoms with Gasteiger partial charge in [-0.15, -0.1) is 0 Å². The average Bonchev–Trinajstić information content (AvgIpc) is 3.11. The van der Waals surface area contributed by atoms with Gasteiger partial charge in [0.25, 0.3) is 0 Å². The van der Waals surface area contributed by atoms with Crippen LogP contribution in [-0.2, 0) is 9.84 Å². The summed E-state index contributed by atoms with van der Waals surface area (Å²) in [7, 11) is -3.09. The van der Waals surface area contributed by atoms with Crippen molar-refractivity contribution in [3.05, 3.63) is 58.3 Å². The van der Waals surface area contributed by atoms with Crippen molar-refractivity contribution >= 4 is 26.7 Å². The fourth-order valence-electron chi connectivity index (χ4n) is 4.94. The van der Waals surface area contributed by atoms with Gasteiger partial charge in [0.1, 0.15) is 21.4 Å². The summed E-state index contributed by atoms with van der Waals surface area (Å²) in [5.74, 6) is -0.849. The lowest BCUT2D eigenvalue weighted by Gasteiger charge is -2.32. The summed E-state index contributed by atoms with van der Waals surface area (Å²) in [5, 5.41) is 10.8. The van der Waals surface area contributed by atoms with Crippen LogP contribution in [-0.4, -0.2) is 51.9 Å². The quantitative estimate of drug-likeness (QED) is 0.396. The van der Waals surface area contributed by atoms with E-state index in [1.54, 1.807) is 19.1 Å². The summed E-state index contributed by atoms with van der Waals surface area (Å²) < 4.78 is 59.8. The Bertz CT molecular complexity index is 1570. The highest BCUT2D eigenvalue weighted by molar-refractivity contribution is 7.91. The number of imidazole rings is 1. The number of ether oxygens (including phenoxy) is 1. The molecule has 39 heavy (non-hydrogen) atoms. The number of ketones is 1. The highest BCUT2D eigenvalue weighted by Gasteiger charge is 2.36. The second-order valence-electron chi connectivity index (χ2n) is 11.4. The minimum absolute atomic E-state index is 0.0271. The SMILES string of the molecule is CC(F)Oc1ccc(F)c(-n2c(=O)n([C@@H](C)C(C)(C)O)c3cc(C(=O)CC4(C)CCS(=O)(=O)CC4)ccc32)c1. The van der Waals surface area contributed by atoms with Crippen LogP contribution in [0.5, 0.6) is 5.75 Å². The van der Waals surface area contributed by atoms with Crippen LogP contribution in [0.15, 0.2) is 41.2 Å². The Morgan fingerprint density at radius 1 is 1.13 bits per heavy atom. The number of halogens is 2. The fourth-order valence-corrected chi connectivity index (χ4v) is 6.75. The third-order valence-electron chi connectivity index (χ3n) is 7.68. The number of aromatic nitrogens is 2. The number of Topliss-reactive ketones (excluding diaryl/α,β-unsaturated/α-hetero) is 1. The molecule has 2 heterocycles. The number of carbonyl (C=O) groups excluding carboxylic acids is 1. The van der Waals surface area contributed by atoms with Crippen molar-refractivity contribution in [3.63, 3.8) is 0 Å². The first kappa shape index (κ1) is 28.9. The Morgan fingerprint density at radius 2 is 1.77 bits per heavy atom. The first-order chi connectivity index (χ1) is 18.0. The number of nitrogens with zero attached hydrogens (tertiary/aromatic N) is 2. The maximum absolute atomic E-state index is 15.0. The van der Waals surface area contributed by atoms with Gasteiger partial charge < -0.3 is 9.84 Å². The van der Waals surface area contributed by atoms with Crippen LogP contribution in [0.1, 0.15) is 70.3 Å². The molecular weight excluding hydrogens is 530 g/mol. The summed E-state index contributed by atoms with van der Waals surface area (Å²) in [5.41, 5.74) is -1.74. The summed E-state index contributed by atoms with van der Waals surface area (Å²) in [6, 6.07) is 7.41. The van der Waals surface area contributed by atoms with Crippen LogP contribution >= 0.6 is 0 Å². The monoisotopic (exact) mass is 564 g/mol. The van der Waals surface area contributed by atoms with Crippen molar-refractivity contribution < 1.29 is 31.8 Å². The first-order valence-corrected chi connectivity index (χ1v) is 14.7. The average molecular weight is 565 g/mol. The number of hydrogen-bond donors (Lipinski definition) is 1. The molecule has 0 aliphatic carbocycles. The first-order valence-electron chi connectivity index (χ1n) is 12.8. The van der Waals surface area contributed by atoms with Crippen molar-refractivity contribution in [1.82, 2.24) is 9.13 Å². The molecule has 0 spiro atoms. The van der Waals surface area contributed by atoms with E-state index >= 15 is 4.39 Å². The Kier molecular flexibility index (Phi) is 7.54. The zero-order valence-corrected chi connectivity index (χ0v) is 23.5. The van der Waals surface area contributed by atoms with Gasteiger partial charge in [0.15, 0.2) is 5.78 Å². The lowest BCUT2D eigenvalue weighted by Crippen LogP contribution is -2.37. The third kappa shape index (κ3) is 5.94. The molecule has 8 nitrogen and oxygen atoms in total. The van der Waals surface area contributed by atoms with Crippen molar-refractivity contribution in [3.8, 4) is 11.4 Å². The Hall–Kier alpha value is -3.05. The smallest absolute Gasteiger partial charge is 0.334 e. The van der Waals surface area contributed by atoms with Gasteiger partial charge in [-0.05, 0) is 69.4 Å². The zero-order valence-electron chi connectivity index (χ0n) is 22.7. The van der Waals surface area contributed by atoms with Gasteiger partial charge in [-0.3, -0.25) is 13.9 Å². The van der Waals surface area contributed by atoms with Gasteiger partial charge >= 0.3 is 5.69 Å². The Labute approximate surface area is 226 Å². The second-order valence-corrected chi connectivity index (χ2v) is 13.7. The minimum atomic E-state index is -3.09. The molecule has 212 valence electrons. The van der Waals surface area contributed by atoms with E-state index < -0.39 is 44.8 Å². The predicted molar refractivity (Wildman–Crippen MR) is 145 cm³/mol. The Morgan fingerprint density at radius 3 is 2.36 bits per heavy atom. The van der Waals surface area contributed by atoms with E-state index in [1.807, 2.05) is 6.92 Å². The topological polar surface area (TPSA) is 108 Å². The third-order valence-corrected chi connectivity index (χ3v) is 9.33. The van der Waals surface area contributed by atoms with E-state index in [-0.39, 0.29) is 40.7 Å². The molecule has 1 aromatic heterocycles. The van der Waals surface area contributed by atoms with Crippen LogP contribution in [0.4, 0.5) is 8.78 Å². The van der Waals surface area contributed by atoms with Gasteiger partial charge in [0.05, 0.1) is 39.9 Å². The molecule has 3 aromatic rings. The molecule has 1 N–H and O–H groups in total. The summed E-state index contributed by atoms with van der Waals surface area (Å²) in [6.45, 7) is 7.80. The van der Waals surface area contributed by atoms with E-state index in [2.05, 4.69) is 0 Å². The number of aliphatic hydroxyl groups is 1. The maximum atomic E-state index is 15.0. The van der Waals surface area contributed by atoms with Gasteiger partial charge in [-0.2, -0.15) is 0 Å². The molecule has 1 saturated heterocycles. The Balaban J connectivity index is 1.85. The highest BCUT2D eigenvalue weighted by atomic mass is 32.2. The van der Waals surface area contributed by atoms with Gasteiger partial charge in [0.2, 0.25) is 6.36 Å². The van der Waals surface area contributed by atoms with Crippen LogP contribution in [0.25, 0.3) is 16.7 Å². The molecule has 0 amide bonds. The van der Waals surface area contributed by atoms with Gasteiger partial charge in [-0.25, -0.2) is 22.0 Å². The van der Waals surface area contributed by atoms with E-state index in [4.69, 9.17) is 4.74 Å². The molecule has 2 atom stereocenters. The van der Waals surface area contributed by atoms with Crippen LogP contribution < -0.4 is 10.4 Å². The highest BCUT2D eigenvalue weighted by Crippen LogP contribution is 2.37. The largest absolute Gasteiger partial charge is 0.461 e. The van der Waals surface area contributed by atoms with Crippen molar-refractivity contribution in [1.29, 1.82) is 0 Å². The van der Waals surface area contributed by atoms with E-state index in [0.717, 1.165) is 10.6 Å². The van der Waals surface area contributed by atoms with Gasteiger partial charge in [-0.1, -0.05) is 6.92 Å². The lowest BCUT2D eigenvalue weighted by molar-refractivity contribution is 0.0307. The molecular formula is C28H34F2N2O6S. The number of carbonyl (C=O) groups is 1. The number of benzene rings is 2. The van der Waals surface area contributed by atoms with Crippen molar-refractivity contribution in [2.45, 2.75) is 71.9 Å². The lowest BCUT2D eigenvalue weighted by atomic mass is 9.78. The standard InChI is InChI=1S/C28H34F2N2O6S/c1-17(27(3,4)35)31-24-14-19(25(33)16-28(5)10-12-39(36,37)13-11-28)6-9-22(24)32(26(31)34)23-15-20(38-18(2)29)7-8-21(23)30/h6-9,14-15,17-18,35H,10-13,16H2,1-5H3/t17-,18?/m0/s1. The normalized spacial score (nSPS) is 18.6. The van der Waals surface area contributed by atoms with E-state index in [9.17, 15) is 27.5 Å². The molecule has 0 bridgehead atoms. The predicted octanol–water partition coefficient (Wildman–Crippen LogP) is 4.75. The number of alkyl halides is 1. The molecule has 1 aliphatic rings. The fraction of sp³-hybridized carbons (Fsp3) is 0.500. The number of rotatable bonds is 8.